The number of amides is 3. The van der Waals surface area contributed by atoms with Crippen LogP contribution in [0.25, 0.3) is 11.1 Å². The third-order valence-electron chi connectivity index (χ3n) is 6.87. The molecule has 10 nitrogen and oxygen atoms in total. The topological polar surface area (TPSA) is 128 Å². The molecule has 1 saturated heterocycles. The molecule has 2 heterocycles. The molecule has 1 saturated carbocycles. The molecule has 11 heteroatoms. The highest BCUT2D eigenvalue weighted by Gasteiger charge is 2.51. The van der Waals surface area contributed by atoms with E-state index in [-0.39, 0.29) is 40.8 Å². The first-order valence-corrected chi connectivity index (χ1v) is 13.4. The van der Waals surface area contributed by atoms with Crippen LogP contribution in [-0.2, 0) is 28.7 Å². The fraction of sp³-hybridized carbons (Fsp3) is 0.444. The Morgan fingerprint density at radius 3 is 2.26 bits per heavy atom. The number of hydrogen-bond acceptors (Lipinski definition) is 9. The molecular weight excluding hydrogens is 512 g/mol. The van der Waals surface area contributed by atoms with Crippen LogP contribution < -0.4 is 10.1 Å². The number of benzene rings is 1. The Kier molecular flexibility index (Phi) is 8.45. The van der Waals surface area contributed by atoms with Crippen molar-refractivity contribution in [2.75, 3.05) is 25.6 Å². The van der Waals surface area contributed by atoms with Gasteiger partial charge in [-0.15, -0.1) is 11.3 Å². The number of esters is 2. The average molecular weight is 543 g/mol. The lowest BCUT2D eigenvalue weighted by Gasteiger charge is -2.21. The van der Waals surface area contributed by atoms with Gasteiger partial charge in [-0.25, -0.2) is 9.59 Å². The van der Waals surface area contributed by atoms with E-state index in [9.17, 15) is 24.0 Å². The first-order valence-electron chi connectivity index (χ1n) is 12.5. The van der Waals surface area contributed by atoms with Gasteiger partial charge in [0.1, 0.15) is 22.4 Å². The van der Waals surface area contributed by atoms with Crippen molar-refractivity contribution in [3.63, 3.8) is 0 Å². The number of nitrogens with one attached hydrogen (secondary N) is 1. The molecule has 4 rings (SSSR count). The van der Waals surface area contributed by atoms with Gasteiger partial charge in [0.05, 0.1) is 25.6 Å². The Labute approximate surface area is 224 Å². The van der Waals surface area contributed by atoms with Gasteiger partial charge in [-0.2, -0.15) is 0 Å². The van der Waals surface area contributed by atoms with Crippen molar-refractivity contribution >= 4 is 46.0 Å². The van der Waals surface area contributed by atoms with E-state index in [1.165, 1.54) is 6.92 Å². The molecule has 1 aromatic heterocycles. The fourth-order valence-electron chi connectivity index (χ4n) is 4.93. The summed E-state index contributed by atoms with van der Waals surface area (Å²) in [6.45, 7) is 2.60. The Bertz CT molecular complexity index is 1210. The van der Waals surface area contributed by atoms with Crippen LogP contribution in [0.15, 0.2) is 29.6 Å². The number of rotatable bonds is 9. The van der Waals surface area contributed by atoms with E-state index in [2.05, 4.69) is 5.32 Å². The summed E-state index contributed by atoms with van der Waals surface area (Å²) in [7, 11) is 1.55. The quantitative estimate of drug-likeness (QED) is 0.376. The summed E-state index contributed by atoms with van der Waals surface area (Å²) in [6.07, 6.45) is 3.03. The molecule has 2 unspecified atom stereocenters. The second kappa shape index (κ2) is 11.8. The molecule has 0 radical (unpaired) electrons. The summed E-state index contributed by atoms with van der Waals surface area (Å²) >= 11 is 1.13. The summed E-state index contributed by atoms with van der Waals surface area (Å²) in [4.78, 5) is 64.6. The molecule has 1 N–H and O–H groups in total. The molecule has 0 bridgehead atoms. The van der Waals surface area contributed by atoms with Gasteiger partial charge in [-0.1, -0.05) is 25.0 Å². The van der Waals surface area contributed by atoms with Gasteiger partial charge < -0.3 is 19.5 Å². The van der Waals surface area contributed by atoms with Crippen LogP contribution in [-0.4, -0.2) is 60.9 Å². The summed E-state index contributed by atoms with van der Waals surface area (Å²) in [5.74, 6) is -2.93. The van der Waals surface area contributed by atoms with E-state index < -0.39 is 30.5 Å². The minimum Gasteiger partial charge on any atom is -0.497 e. The highest BCUT2D eigenvalue weighted by molar-refractivity contribution is 7.15. The summed E-state index contributed by atoms with van der Waals surface area (Å²) in [5, 5.41) is 4.59. The zero-order valence-corrected chi connectivity index (χ0v) is 22.3. The maximum absolute atomic E-state index is 12.8. The number of methoxy groups -OCH3 is 1. The molecule has 3 amide bonds. The van der Waals surface area contributed by atoms with E-state index in [1.54, 1.807) is 43.7 Å². The number of hydrogen-bond donors (Lipinski definition) is 1. The zero-order valence-electron chi connectivity index (χ0n) is 21.5. The Morgan fingerprint density at radius 1 is 1.05 bits per heavy atom. The van der Waals surface area contributed by atoms with Gasteiger partial charge in [-0.3, -0.25) is 19.3 Å². The van der Waals surface area contributed by atoms with Crippen LogP contribution in [0.5, 0.6) is 5.75 Å². The fourth-order valence-corrected chi connectivity index (χ4v) is 5.91. The Hall–Kier alpha value is -3.73. The smallest absolute Gasteiger partial charge is 0.341 e. The molecule has 2 aliphatic rings. The van der Waals surface area contributed by atoms with Crippen LogP contribution in [0.2, 0.25) is 0 Å². The van der Waals surface area contributed by atoms with Crippen LogP contribution >= 0.6 is 11.3 Å². The SMILES string of the molecule is CCOC(=O)c1c(-c2ccc(OC)cc2)csc1NC(=O)COC(=O)[C@H](C)N1C(=O)C2CCCCC2C1=O. The lowest BCUT2D eigenvalue weighted by molar-refractivity contribution is -0.159. The van der Waals surface area contributed by atoms with E-state index in [1.807, 2.05) is 0 Å². The van der Waals surface area contributed by atoms with E-state index in [0.717, 1.165) is 34.6 Å². The van der Waals surface area contributed by atoms with E-state index in [0.29, 0.717) is 24.2 Å². The van der Waals surface area contributed by atoms with Gasteiger partial charge >= 0.3 is 11.9 Å². The minimum absolute atomic E-state index is 0.148. The molecule has 38 heavy (non-hydrogen) atoms. The molecule has 2 aromatic rings. The Morgan fingerprint density at radius 2 is 1.68 bits per heavy atom. The highest BCUT2D eigenvalue weighted by atomic mass is 32.1. The third-order valence-corrected chi connectivity index (χ3v) is 7.77. The van der Waals surface area contributed by atoms with Crippen molar-refractivity contribution in [3.8, 4) is 16.9 Å². The number of fused-ring (bicyclic) bond motifs is 1. The normalized spacial score (nSPS) is 19.5. The molecule has 1 aliphatic carbocycles. The van der Waals surface area contributed by atoms with Gasteiger partial charge in [-0.05, 0) is 44.4 Å². The number of anilines is 1. The van der Waals surface area contributed by atoms with Crippen LogP contribution in [0, 0.1) is 11.8 Å². The lowest BCUT2D eigenvalue weighted by atomic mass is 9.81. The van der Waals surface area contributed by atoms with Crippen molar-refractivity contribution in [1.29, 1.82) is 0 Å². The Balaban J connectivity index is 1.42. The third kappa shape index (κ3) is 5.42. The largest absolute Gasteiger partial charge is 0.497 e. The molecule has 1 aromatic carbocycles. The summed E-state index contributed by atoms with van der Waals surface area (Å²) in [5.41, 5.74) is 1.49. The van der Waals surface area contributed by atoms with Crippen molar-refractivity contribution in [2.24, 2.45) is 11.8 Å². The number of imide groups is 1. The maximum atomic E-state index is 12.8. The van der Waals surface area contributed by atoms with Gasteiger partial charge in [0.25, 0.3) is 5.91 Å². The predicted molar refractivity (Wildman–Crippen MR) is 139 cm³/mol. The molecule has 202 valence electrons. The molecule has 1 aliphatic heterocycles. The second-order valence-corrected chi connectivity index (χ2v) is 10.1. The standard InChI is InChI=1S/C27H30N2O8S/c1-4-36-27(34)22-20(16-9-11-17(35-3)12-10-16)14-38-23(22)28-21(30)13-37-26(33)15(2)29-24(31)18-7-5-6-8-19(18)25(29)32/h9-12,14-15,18-19H,4-8,13H2,1-3H3,(H,28,30)/t15-,18?,19?/m0/s1. The number of carbonyl (C=O) groups excluding carboxylic acids is 5. The number of ether oxygens (including phenoxy) is 3. The van der Waals surface area contributed by atoms with E-state index in [4.69, 9.17) is 14.2 Å². The summed E-state index contributed by atoms with van der Waals surface area (Å²) < 4.78 is 15.5. The summed E-state index contributed by atoms with van der Waals surface area (Å²) in [6, 6.07) is 5.95. The first kappa shape index (κ1) is 27.3. The molecule has 0 spiro atoms. The van der Waals surface area contributed by atoms with E-state index >= 15 is 0 Å². The van der Waals surface area contributed by atoms with Gasteiger partial charge in [0, 0.05) is 10.9 Å². The maximum Gasteiger partial charge on any atom is 0.341 e. The molecule has 3 atom stereocenters. The van der Waals surface area contributed by atoms with Gasteiger partial charge in [0.15, 0.2) is 6.61 Å². The number of thiophene rings is 1. The second-order valence-electron chi connectivity index (χ2n) is 9.18. The van der Waals surface area contributed by atoms with Crippen LogP contribution in [0.1, 0.15) is 49.9 Å². The molecular formula is C27H30N2O8S. The number of nitrogens with zero attached hydrogens (tertiary/aromatic N) is 1. The monoisotopic (exact) mass is 542 g/mol. The minimum atomic E-state index is -1.13. The van der Waals surface area contributed by atoms with Crippen molar-refractivity contribution < 1.29 is 38.2 Å². The van der Waals surface area contributed by atoms with Crippen LogP contribution in [0.4, 0.5) is 5.00 Å². The van der Waals surface area contributed by atoms with Crippen molar-refractivity contribution in [1.82, 2.24) is 4.90 Å². The lowest BCUT2D eigenvalue weighted by Crippen LogP contribution is -2.45. The van der Waals surface area contributed by atoms with Crippen molar-refractivity contribution in [2.45, 2.75) is 45.6 Å². The molecule has 2 fully saturated rings. The average Bonchev–Trinajstić information content (AvgIpc) is 3.45. The van der Waals surface area contributed by atoms with Crippen molar-refractivity contribution in [3.05, 3.63) is 35.2 Å². The zero-order chi connectivity index (χ0) is 27.4. The van der Waals surface area contributed by atoms with Gasteiger partial charge in [0.2, 0.25) is 11.8 Å². The number of carbonyl (C=O) groups is 5. The highest BCUT2D eigenvalue weighted by Crippen LogP contribution is 2.39. The van der Waals surface area contributed by atoms with Crippen LogP contribution in [0.3, 0.4) is 0 Å². The number of likely N-dealkylation sites (tertiary alicyclic amines) is 1. The predicted octanol–water partition coefficient (Wildman–Crippen LogP) is 3.65. The first-order chi connectivity index (χ1) is 18.3.